The number of nitrogens with one attached hydrogen (secondary N) is 1. The van der Waals surface area contributed by atoms with E-state index in [1.54, 1.807) is 0 Å². The molecule has 22 heavy (non-hydrogen) atoms. The van der Waals surface area contributed by atoms with Gasteiger partial charge in [-0.1, -0.05) is 38.1 Å². The highest BCUT2D eigenvalue weighted by Gasteiger charge is 2.03. The van der Waals surface area contributed by atoms with Crippen LogP contribution in [-0.2, 0) is 22.4 Å². The molecule has 0 atom stereocenters. The second-order valence-corrected chi connectivity index (χ2v) is 6.12. The molecule has 4 heteroatoms. The highest BCUT2D eigenvalue weighted by Crippen LogP contribution is 2.11. The van der Waals surface area contributed by atoms with Gasteiger partial charge in [-0.3, -0.25) is 9.59 Å². The van der Waals surface area contributed by atoms with E-state index in [1.165, 1.54) is 11.1 Å². The zero-order valence-corrected chi connectivity index (χ0v) is 13.6. The number of aliphatic carboxylic acids is 1. The van der Waals surface area contributed by atoms with Gasteiger partial charge in [0, 0.05) is 19.4 Å². The Morgan fingerprint density at radius 3 is 2.27 bits per heavy atom. The fourth-order valence-corrected chi connectivity index (χ4v) is 2.32. The molecule has 2 N–H and O–H groups in total. The van der Waals surface area contributed by atoms with Crippen LogP contribution < -0.4 is 5.32 Å². The first-order valence-corrected chi connectivity index (χ1v) is 8.03. The topological polar surface area (TPSA) is 66.4 Å². The van der Waals surface area contributed by atoms with E-state index in [4.69, 9.17) is 5.11 Å². The lowest BCUT2D eigenvalue weighted by molar-refractivity contribution is -0.137. The molecular weight excluding hydrogens is 278 g/mol. The zero-order chi connectivity index (χ0) is 16.4. The Kier molecular flexibility index (Phi) is 8.26. The number of benzene rings is 1. The van der Waals surface area contributed by atoms with Crippen LogP contribution in [-0.4, -0.2) is 23.5 Å². The van der Waals surface area contributed by atoms with Gasteiger partial charge in [0.1, 0.15) is 0 Å². The molecule has 1 amide bonds. The molecule has 0 aromatic heterocycles. The van der Waals surface area contributed by atoms with Crippen LogP contribution in [0.3, 0.4) is 0 Å². The molecule has 0 saturated carbocycles. The highest BCUT2D eigenvalue weighted by atomic mass is 16.4. The second kappa shape index (κ2) is 9.98. The molecular formula is C18H27NO3. The number of carbonyl (C=O) groups is 2. The van der Waals surface area contributed by atoms with Crippen LogP contribution in [0.2, 0.25) is 0 Å². The standard InChI is InChI=1S/C18H27NO3/c1-14(2)13-16-10-8-15(9-11-16)5-3-6-17(20)19-12-4-7-18(21)22/h8-11,14H,3-7,12-13H2,1-2H3,(H,19,20)(H,21,22). The van der Waals surface area contributed by atoms with Gasteiger partial charge in [-0.25, -0.2) is 0 Å². The minimum atomic E-state index is -0.824. The number of hydrogen-bond donors (Lipinski definition) is 2. The molecule has 0 aliphatic heterocycles. The molecule has 0 saturated heterocycles. The summed E-state index contributed by atoms with van der Waals surface area (Å²) in [4.78, 5) is 21.9. The van der Waals surface area contributed by atoms with Gasteiger partial charge in [-0.15, -0.1) is 0 Å². The van der Waals surface area contributed by atoms with Gasteiger partial charge in [0.2, 0.25) is 5.91 Å². The van der Waals surface area contributed by atoms with E-state index in [2.05, 4.69) is 43.4 Å². The highest BCUT2D eigenvalue weighted by molar-refractivity contribution is 5.75. The van der Waals surface area contributed by atoms with Gasteiger partial charge in [-0.2, -0.15) is 0 Å². The first-order valence-electron chi connectivity index (χ1n) is 8.03. The van der Waals surface area contributed by atoms with E-state index in [1.807, 2.05) is 0 Å². The van der Waals surface area contributed by atoms with Crippen LogP contribution >= 0.6 is 0 Å². The number of rotatable bonds is 10. The van der Waals surface area contributed by atoms with Crippen molar-refractivity contribution >= 4 is 11.9 Å². The van der Waals surface area contributed by atoms with Crippen molar-refractivity contribution in [2.45, 2.75) is 52.4 Å². The van der Waals surface area contributed by atoms with Crippen molar-refractivity contribution in [1.29, 1.82) is 0 Å². The summed E-state index contributed by atoms with van der Waals surface area (Å²) in [6.45, 7) is 4.86. The SMILES string of the molecule is CC(C)Cc1ccc(CCCC(=O)NCCCC(=O)O)cc1. The number of aryl methyl sites for hydroxylation is 1. The first-order chi connectivity index (χ1) is 10.5. The molecule has 0 fully saturated rings. The lowest BCUT2D eigenvalue weighted by Crippen LogP contribution is -2.24. The van der Waals surface area contributed by atoms with Crippen LogP contribution in [0.1, 0.15) is 50.7 Å². The van der Waals surface area contributed by atoms with Crippen molar-refractivity contribution < 1.29 is 14.7 Å². The Balaban J connectivity index is 2.18. The first kappa shape index (κ1) is 18.2. The van der Waals surface area contributed by atoms with E-state index in [0.29, 0.717) is 25.3 Å². The average Bonchev–Trinajstić information content (AvgIpc) is 2.45. The third-order valence-electron chi connectivity index (χ3n) is 3.43. The van der Waals surface area contributed by atoms with Crippen molar-refractivity contribution in [3.63, 3.8) is 0 Å². The minimum Gasteiger partial charge on any atom is -0.481 e. The Hall–Kier alpha value is -1.84. The molecule has 0 bridgehead atoms. The van der Waals surface area contributed by atoms with Crippen molar-refractivity contribution in [1.82, 2.24) is 5.32 Å². The van der Waals surface area contributed by atoms with Crippen LogP contribution in [0.5, 0.6) is 0 Å². The number of carboxylic acid groups (broad SMARTS) is 1. The summed E-state index contributed by atoms with van der Waals surface area (Å²) in [5.41, 5.74) is 2.61. The van der Waals surface area contributed by atoms with E-state index in [-0.39, 0.29) is 12.3 Å². The Bertz CT molecular complexity index is 466. The predicted molar refractivity (Wildman–Crippen MR) is 87.8 cm³/mol. The maximum absolute atomic E-state index is 11.6. The van der Waals surface area contributed by atoms with Crippen LogP contribution in [0.15, 0.2) is 24.3 Å². The summed E-state index contributed by atoms with van der Waals surface area (Å²) in [6.07, 6.45) is 3.88. The molecule has 1 rings (SSSR count). The maximum Gasteiger partial charge on any atom is 0.303 e. The van der Waals surface area contributed by atoms with E-state index < -0.39 is 5.97 Å². The van der Waals surface area contributed by atoms with Gasteiger partial charge < -0.3 is 10.4 Å². The van der Waals surface area contributed by atoms with Crippen LogP contribution in [0.4, 0.5) is 0 Å². The molecule has 0 aliphatic rings. The number of carbonyl (C=O) groups excluding carboxylic acids is 1. The summed E-state index contributed by atoms with van der Waals surface area (Å²) < 4.78 is 0. The largest absolute Gasteiger partial charge is 0.481 e. The lowest BCUT2D eigenvalue weighted by Gasteiger charge is -2.07. The molecule has 122 valence electrons. The third kappa shape index (κ3) is 8.45. The maximum atomic E-state index is 11.6. The van der Waals surface area contributed by atoms with Crippen molar-refractivity contribution in [3.8, 4) is 0 Å². The van der Waals surface area contributed by atoms with E-state index >= 15 is 0 Å². The smallest absolute Gasteiger partial charge is 0.303 e. The van der Waals surface area contributed by atoms with Crippen LogP contribution in [0, 0.1) is 5.92 Å². The van der Waals surface area contributed by atoms with E-state index in [9.17, 15) is 9.59 Å². The number of carboxylic acids is 1. The minimum absolute atomic E-state index is 0.00168. The van der Waals surface area contributed by atoms with Gasteiger partial charge in [0.15, 0.2) is 0 Å². The van der Waals surface area contributed by atoms with E-state index in [0.717, 1.165) is 19.3 Å². The Morgan fingerprint density at radius 2 is 1.68 bits per heavy atom. The zero-order valence-electron chi connectivity index (χ0n) is 13.6. The normalized spacial score (nSPS) is 10.7. The van der Waals surface area contributed by atoms with Crippen molar-refractivity contribution in [3.05, 3.63) is 35.4 Å². The number of amides is 1. The van der Waals surface area contributed by atoms with Crippen molar-refractivity contribution in [2.75, 3.05) is 6.54 Å². The molecule has 0 spiro atoms. The monoisotopic (exact) mass is 305 g/mol. The van der Waals surface area contributed by atoms with Gasteiger partial charge >= 0.3 is 5.97 Å². The molecule has 0 radical (unpaired) electrons. The molecule has 1 aromatic rings. The molecule has 0 heterocycles. The fraction of sp³-hybridized carbons (Fsp3) is 0.556. The molecule has 1 aromatic carbocycles. The van der Waals surface area contributed by atoms with Gasteiger partial charge in [0.25, 0.3) is 0 Å². The Morgan fingerprint density at radius 1 is 1.05 bits per heavy atom. The Labute approximate surface area is 132 Å². The number of hydrogen-bond acceptors (Lipinski definition) is 2. The lowest BCUT2D eigenvalue weighted by atomic mass is 10.00. The third-order valence-corrected chi connectivity index (χ3v) is 3.43. The fourth-order valence-electron chi connectivity index (χ4n) is 2.32. The predicted octanol–water partition coefficient (Wildman–Crippen LogP) is 3.19. The molecule has 4 nitrogen and oxygen atoms in total. The van der Waals surface area contributed by atoms with Gasteiger partial charge in [-0.05, 0) is 42.7 Å². The second-order valence-electron chi connectivity index (χ2n) is 6.12. The molecule has 0 aliphatic carbocycles. The van der Waals surface area contributed by atoms with Crippen LogP contribution in [0.25, 0.3) is 0 Å². The summed E-state index contributed by atoms with van der Waals surface area (Å²) in [6, 6.07) is 8.62. The van der Waals surface area contributed by atoms with Gasteiger partial charge in [0.05, 0.1) is 0 Å². The summed E-state index contributed by atoms with van der Waals surface area (Å²) >= 11 is 0. The summed E-state index contributed by atoms with van der Waals surface area (Å²) in [7, 11) is 0. The molecule has 0 unspecified atom stereocenters. The summed E-state index contributed by atoms with van der Waals surface area (Å²) in [5, 5.41) is 11.3. The quantitative estimate of drug-likeness (QED) is 0.652. The average molecular weight is 305 g/mol. The van der Waals surface area contributed by atoms with Crippen molar-refractivity contribution in [2.24, 2.45) is 5.92 Å². The summed E-state index contributed by atoms with van der Waals surface area (Å²) in [5.74, 6) is -0.160.